The minimum Gasteiger partial charge on any atom is -0.460 e. The number of hydrogen-bond donors (Lipinski definition) is 1. The molecular formula is C19H24ClN3O3. The molecule has 2 aromatic rings. The number of nitro groups is 1. The zero-order valence-electron chi connectivity index (χ0n) is 14.6. The fourth-order valence-corrected chi connectivity index (χ4v) is 4.14. The smallest absolute Gasteiger partial charge is 0.270 e. The molecule has 2 aliphatic rings. The third kappa shape index (κ3) is 3.92. The van der Waals surface area contributed by atoms with E-state index in [1.165, 1.54) is 25.3 Å². The zero-order chi connectivity index (χ0) is 17.3. The van der Waals surface area contributed by atoms with E-state index in [0.29, 0.717) is 11.2 Å². The molecule has 1 N–H and O–H groups in total. The number of hydrogen-bond acceptors (Lipinski definition) is 5. The lowest BCUT2D eigenvalue weighted by Gasteiger charge is -2.33. The summed E-state index contributed by atoms with van der Waals surface area (Å²) in [4.78, 5) is 13.0. The van der Waals surface area contributed by atoms with E-state index >= 15 is 0 Å². The van der Waals surface area contributed by atoms with E-state index < -0.39 is 0 Å². The summed E-state index contributed by atoms with van der Waals surface area (Å²) in [6, 6.07) is 10.5. The van der Waals surface area contributed by atoms with Gasteiger partial charge in [-0.3, -0.25) is 15.0 Å². The topological polar surface area (TPSA) is 71.6 Å². The molecule has 1 aromatic carbocycles. The molecule has 4 rings (SSSR count). The van der Waals surface area contributed by atoms with Crippen molar-refractivity contribution in [3.05, 3.63) is 52.3 Å². The van der Waals surface area contributed by atoms with E-state index in [0.717, 1.165) is 44.0 Å². The van der Waals surface area contributed by atoms with Gasteiger partial charge >= 0.3 is 0 Å². The van der Waals surface area contributed by atoms with Gasteiger partial charge < -0.3 is 9.73 Å². The number of piperidine rings is 1. The maximum Gasteiger partial charge on any atom is 0.270 e. The second-order valence-corrected chi connectivity index (χ2v) is 7.28. The number of nitro benzene ring substituents is 1. The zero-order valence-corrected chi connectivity index (χ0v) is 15.5. The van der Waals surface area contributed by atoms with Crippen molar-refractivity contribution in [3.8, 4) is 11.3 Å². The average molecular weight is 378 g/mol. The Morgan fingerprint density at radius 2 is 2.00 bits per heavy atom. The first-order chi connectivity index (χ1) is 12.1. The van der Waals surface area contributed by atoms with Crippen molar-refractivity contribution < 1.29 is 9.34 Å². The number of likely N-dealkylation sites (tertiary alicyclic amines) is 1. The second kappa shape index (κ2) is 7.78. The normalized spacial score (nSPS) is 19.4. The Hall–Kier alpha value is -1.89. The van der Waals surface area contributed by atoms with Crippen LogP contribution in [-0.4, -0.2) is 36.0 Å². The highest BCUT2D eigenvalue weighted by Crippen LogP contribution is 2.39. The maximum absolute atomic E-state index is 10.9. The van der Waals surface area contributed by atoms with Gasteiger partial charge in [-0.15, -0.1) is 12.4 Å². The molecular weight excluding hydrogens is 354 g/mol. The molecule has 26 heavy (non-hydrogen) atoms. The third-order valence-electron chi connectivity index (χ3n) is 5.56. The van der Waals surface area contributed by atoms with Crippen LogP contribution < -0.4 is 5.32 Å². The largest absolute Gasteiger partial charge is 0.460 e. The molecule has 3 heterocycles. The van der Waals surface area contributed by atoms with Crippen LogP contribution in [-0.2, 0) is 6.54 Å². The molecule has 1 aromatic heterocycles. The van der Waals surface area contributed by atoms with Gasteiger partial charge in [0.2, 0.25) is 0 Å². The molecule has 0 amide bonds. The third-order valence-corrected chi connectivity index (χ3v) is 5.56. The highest BCUT2D eigenvalue weighted by atomic mass is 35.5. The maximum atomic E-state index is 10.9. The highest BCUT2D eigenvalue weighted by molar-refractivity contribution is 5.85. The van der Waals surface area contributed by atoms with Gasteiger partial charge in [-0.1, -0.05) is 12.1 Å². The molecule has 6 nitrogen and oxygen atoms in total. The summed E-state index contributed by atoms with van der Waals surface area (Å²) in [7, 11) is 0. The van der Waals surface area contributed by atoms with E-state index in [-0.39, 0.29) is 23.0 Å². The highest BCUT2D eigenvalue weighted by Gasteiger charge is 2.38. The SMILES string of the molecule is Cl.O=[N+]([O-])c1cccc(-c2ccc(CN3CCC4(CCNCC4)C3)o2)c1. The molecule has 0 unspecified atom stereocenters. The van der Waals surface area contributed by atoms with Gasteiger partial charge in [0, 0.05) is 24.2 Å². The first kappa shape index (κ1) is 18.9. The van der Waals surface area contributed by atoms with Crippen molar-refractivity contribution in [3.63, 3.8) is 0 Å². The van der Waals surface area contributed by atoms with Crippen molar-refractivity contribution in [2.45, 2.75) is 25.8 Å². The first-order valence-electron chi connectivity index (χ1n) is 8.90. The van der Waals surface area contributed by atoms with Gasteiger partial charge in [0.25, 0.3) is 5.69 Å². The molecule has 0 saturated carbocycles. The number of non-ortho nitro benzene ring substituents is 1. The van der Waals surface area contributed by atoms with E-state index in [9.17, 15) is 10.1 Å². The Kier molecular flexibility index (Phi) is 5.65. The minimum atomic E-state index is -0.379. The second-order valence-electron chi connectivity index (χ2n) is 7.28. The molecule has 0 atom stereocenters. The van der Waals surface area contributed by atoms with Crippen LogP contribution in [0.2, 0.25) is 0 Å². The van der Waals surface area contributed by atoms with Crippen molar-refractivity contribution in [1.82, 2.24) is 10.2 Å². The van der Waals surface area contributed by atoms with Crippen LogP contribution in [0.15, 0.2) is 40.8 Å². The lowest BCUT2D eigenvalue weighted by atomic mass is 9.78. The van der Waals surface area contributed by atoms with Gasteiger partial charge in [0.05, 0.1) is 11.5 Å². The lowest BCUT2D eigenvalue weighted by molar-refractivity contribution is -0.384. The summed E-state index contributed by atoms with van der Waals surface area (Å²) in [5, 5.41) is 14.4. The number of nitrogens with one attached hydrogen (secondary N) is 1. The summed E-state index contributed by atoms with van der Waals surface area (Å²) < 4.78 is 5.97. The molecule has 0 bridgehead atoms. The summed E-state index contributed by atoms with van der Waals surface area (Å²) in [6.07, 6.45) is 3.80. The van der Waals surface area contributed by atoms with Gasteiger partial charge in [-0.2, -0.15) is 0 Å². The first-order valence-corrected chi connectivity index (χ1v) is 8.90. The number of benzene rings is 1. The Balaban J connectivity index is 0.00000196. The fraction of sp³-hybridized carbons (Fsp3) is 0.474. The fourth-order valence-electron chi connectivity index (χ4n) is 4.14. The van der Waals surface area contributed by atoms with Crippen LogP contribution in [0.3, 0.4) is 0 Å². The minimum absolute atomic E-state index is 0. The van der Waals surface area contributed by atoms with E-state index in [4.69, 9.17) is 4.42 Å². The molecule has 2 saturated heterocycles. The average Bonchev–Trinajstić information content (AvgIpc) is 3.24. The van der Waals surface area contributed by atoms with Crippen molar-refractivity contribution >= 4 is 18.1 Å². The van der Waals surface area contributed by atoms with Crippen LogP contribution in [0.5, 0.6) is 0 Å². The van der Waals surface area contributed by atoms with Crippen LogP contribution in [0, 0.1) is 15.5 Å². The number of rotatable bonds is 4. The predicted octanol–water partition coefficient (Wildman–Crippen LogP) is 3.85. The number of halogens is 1. The summed E-state index contributed by atoms with van der Waals surface area (Å²) in [5.74, 6) is 1.61. The van der Waals surface area contributed by atoms with E-state index in [1.807, 2.05) is 18.2 Å². The van der Waals surface area contributed by atoms with Crippen molar-refractivity contribution in [2.24, 2.45) is 5.41 Å². The van der Waals surface area contributed by atoms with Crippen LogP contribution in [0.1, 0.15) is 25.0 Å². The van der Waals surface area contributed by atoms with Crippen LogP contribution in [0.25, 0.3) is 11.3 Å². The lowest BCUT2D eigenvalue weighted by Crippen LogP contribution is -2.38. The Morgan fingerprint density at radius 3 is 2.77 bits per heavy atom. The number of furan rings is 1. The van der Waals surface area contributed by atoms with Crippen molar-refractivity contribution in [2.75, 3.05) is 26.2 Å². The molecule has 2 fully saturated rings. The van der Waals surface area contributed by atoms with E-state index in [1.54, 1.807) is 12.1 Å². The molecule has 0 radical (unpaired) electrons. The summed E-state index contributed by atoms with van der Waals surface area (Å²) >= 11 is 0. The predicted molar refractivity (Wildman–Crippen MR) is 102 cm³/mol. The van der Waals surface area contributed by atoms with Gasteiger partial charge in [0.15, 0.2) is 0 Å². The number of nitrogens with zero attached hydrogens (tertiary/aromatic N) is 2. The molecule has 7 heteroatoms. The Bertz CT molecular complexity index is 771. The Labute approximate surface area is 159 Å². The van der Waals surface area contributed by atoms with Crippen LogP contribution >= 0.6 is 12.4 Å². The molecule has 0 aliphatic carbocycles. The monoisotopic (exact) mass is 377 g/mol. The standard InChI is InChI=1S/C19H23N3O3.ClH/c23-22(24)16-3-1-2-15(12-16)18-5-4-17(25-18)13-21-11-8-19(14-21)6-9-20-10-7-19;/h1-5,12,20H,6-11,13-14H2;1H. The molecule has 2 aliphatic heterocycles. The van der Waals surface area contributed by atoms with Crippen LogP contribution in [0.4, 0.5) is 5.69 Å². The van der Waals surface area contributed by atoms with E-state index in [2.05, 4.69) is 10.2 Å². The molecule has 140 valence electrons. The van der Waals surface area contributed by atoms with Gasteiger partial charge in [-0.05, 0) is 56.4 Å². The van der Waals surface area contributed by atoms with Gasteiger partial charge in [-0.25, -0.2) is 0 Å². The summed E-state index contributed by atoms with van der Waals surface area (Å²) in [6.45, 7) is 5.33. The van der Waals surface area contributed by atoms with Gasteiger partial charge in [0.1, 0.15) is 11.5 Å². The summed E-state index contributed by atoms with van der Waals surface area (Å²) in [5.41, 5.74) is 1.32. The molecule has 1 spiro atoms. The Morgan fingerprint density at radius 1 is 1.19 bits per heavy atom. The quantitative estimate of drug-likeness (QED) is 0.647. The van der Waals surface area contributed by atoms with Crippen molar-refractivity contribution in [1.29, 1.82) is 0 Å².